The molecule has 78 valence electrons. The molecule has 1 aliphatic rings. The van der Waals surface area contributed by atoms with Gasteiger partial charge >= 0.3 is 0 Å². The molecule has 1 rings (SSSR count). The minimum absolute atomic E-state index is 0.0290. The number of thioether (sulfide) groups is 1. The highest BCUT2D eigenvalue weighted by molar-refractivity contribution is 8.00. The maximum atomic E-state index is 5.45. The van der Waals surface area contributed by atoms with Crippen LogP contribution in [0, 0.1) is 0 Å². The van der Waals surface area contributed by atoms with E-state index in [-0.39, 0.29) is 10.5 Å². The largest absolute Gasteiger partial charge is 0.379 e. The molecule has 0 amide bonds. The van der Waals surface area contributed by atoms with Crippen LogP contribution in [-0.2, 0) is 4.74 Å². The van der Waals surface area contributed by atoms with Crippen LogP contribution >= 0.6 is 11.8 Å². The van der Waals surface area contributed by atoms with Gasteiger partial charge in [0.2, 0.25) is 0 Å². The Bertz CT molecular complexity index is 184. The number of ether oxygens (including phenoxy) is 1. The molecule has 0 aromatic carbocycles. The molecular weight excluding hydrogens is 182 g/mol. The van der Waals surface area contributed by atoms with Crippen LogP contribution in [0.15, 0.2) is 0 Å². The van der Waals surface area contributed by atoms with Gasteiger partial charge in [0.25, 0.3) is 0 Å². The van der Waals surface area contributed by atoms with Crippen molar-refractivity contribution < 1.29 is 4.74 Å². The van der Waals surface area contributed by atoms with Gasteiger partial charge < -0.3 is 4.74 Å². The molecule has 1 aliphatic heterocycles. The van der Waals surface area contributed by atoms with E-state index in [0.29, 0.717) is 6.04 Å². The highest BCUT2D eigenvalue weighted by Crippen LogP contribution is 2.37. The number of methoxy groups -OCH3 is 1. The van der Waals surface area contributed by atoms with Crippen molar-refractivity contribution in [3.63, 3.8) is 0 Å². The second-order valence-electron chi connectivity index (χ2n) is 4.73. The summed E-state index contributed by atoms with van der Waals surface area (Å²) in [5.74, 6) is 1.20. The Morgan fingerprint density at radius 1 is 1.62 bits per heavy atom. The smallest absolute Gasteiger partial charge is 0.0648 e. The number of nitrogens with one attached hydrogen (secondary N) is 1. The van der Waals surface area contributed by atoms with E-state index in [1.807, 2.05) is 11.8 Å². The SMILES string of the molecule is COC(C)(C)CC1(C)NC(C)CS1. The topological polar surface area (TPSA) is 21.3 Å². The van der Waals surface area contributed by atoms with E-state index in [1.165, 1.54) is 5.75 Å². The third-order valence-corrected chi connectivity index (χ3v) is 4.09. The number of rotatable bonds is 3. The molecule has 2 nitrogen and oxygen atoms in total. The van der Waals surface area contributed by atoms with Crippen molar-refractivity contribution in [1.29, 1.82) is 0 Å². The zero-order valence-electron chi connectivity index (χ0n) is 9.31. The molecule has 1 N–H and O–H groups in total. The molecular formula is C10H21NOS. The molecule has 1 fully saturated rings. The predicted octanol–water partition coefficient (Wildman–Crippen LogP) is 2.24. The molecule has 0 radical (unpaired) electrons. The fraction of sp³-hybridized carbons (Fsp3) is 1.00. The summed E-state index contributed by atoms with van der Waals surface area (Å²) in [6.45, 7) is 8.78. The standard InChI is InChI=1S/C10H21NOS/c1-8-6-13-10(4,11-8)7-9(2,3)12-5/h8,11H,6-7H2,1-5H3. The summed E-state index contributed by atoms with van der Waals surface area (Å²) in [6, 6.07) is 0.627. The van der Waals surface area contributed by atoms with Crippen molar-refractivity contribution >= 4 is 11.8 Å². The number of hydrogen-bond acceptors (Lipinski definition) is 3. The van der Waals surface area contributed by atoms with Gasteiger partial charge in [-0.05, 0) is 27.7 Å². The first-order valence-corrected chi connectivity index (χ1v) is 5.82. The zero-order valence-corrected chi connectivity index (χ0v) is 10.1. The Morgan fingerprint density at radius 2 is 2.23 bits per heavy atom. The molecule has 0 aromatic rings. The Kier molecular flexibility index (Phi) is 3.31. The van der Waals surface area contributed by atoms with Crippen LogP contribution in [0.1, 0.15) is 34.1 Å². The summed E-state index contributed by atoms with van der Waals surface area (Å²) >= 11 is 2.00. The van der Waals surface area contributed by atoms with Crippen molar-refractivity contribution in [2.75, 3.05) is 12.9 Å². The first kappa shape index (κ1) is 11.3. The zero-order chi connectivity index (χ0) is 10.1. The van der Waals surface area contributed by atoms with Crippen LogP contribution in [0.5, 0.6) is 0 Å². The average molecular weight is 203 g/mol. The van der Waals surface area contributed by atoms with Crippen molar-refractivity contribution in [3.8, 4) is 0 Å². The van der Waals surface area contributed by atoms with E-state index in [0.717, 1.165) is 6.42 Å². The molecule has 3 heteroatoms. The van der Waals surface area contributed by atoms with Gasteiger partial charge in [-0.1, -0.05) is 0 Å². The van der Waals surface area contributed by atoms with Gasteiger partial charge in [-0.15, -0.1) is 11.8 Å². The molecule has 1 saturated heterocycles. The van der Waals surface area contributed by atoms with Crippen LogP contribution in [0.2, 0.25) is 0 Å². The van der Waals surface area contributed by atoms with E-state index >= 15 is 0 Å². The fourth-order valence-electron chi connectivity index (χ4n) is 1.90. The lowest BCUT2D eigenvalue weighted by molar-refractivity contribution is 0.00534. The van der Waals surface area contributed by atoms with Crippen LogP contribution in [0.25, 0.3) is 0 Å². The quantitative estimate of drug-likeness (QED) is 0.760. The first-order valence-electron chi connectivity index (χ1n) is 4.84. The monoisotopic (exact) mass is 203 g/mol. The van der Waals surface area contributed by atoms with Gasteiger partial charge in [0.1, 0.15) is 0 Å². The third-order valence-electron chi connectivity index (χ3n) is 2.52. The molecule has 0 saturated carbocycles. The van der Waals surface area contributed by atoms with Crippen molar-refractivity contribution in [2.24, 2.45) is 0 Å². The maximum absolute atomic E-state index is 5.45. The first-order chi connectivity index (χ1) is 5.87. The highest BCUT2D eigenvalue weighted by atomic mass is 32.2. The Labute approximate surface area is 85.8 Å². The molecule has 0 spiro atoms. The Balaban J connectivity index is 2.53. The summed E-state index contributed by atoms with van der Waals surface area (Å²) in [6.07, 6.45) is 1.05. The minimum atomic E-state index is -0.0290. The second-order valence-corrected chi connectivity index (χ2v) is 6.25. The lowest BCUT2D eigenvalue weighted by Gasteiger charge is -2.33. The fourth-order valence-corrected chi connectivity index (χ4v) is 3.34. The van der Waals surface area contributed by atoms with Crippen LogP contribution in [-0.4, -0.2) is 29.4 Å². The van der Waals surface area contributed by atoms with Crippen molar-refractivity contribution in [1.82, 2.24) is 5.32 Å². The van der Waals surface area contributed by atoms with E-state index in [4.69, 9.17) is 4.74 Å². The molecule has 0 aliphatic carbocycles. The molecule has 13 heavy (non-hydrogen) atoms. The van der Waals surface area contributed by atoms with E-state index in [2.05, 4.69) is 33.0 Å². The van der Waals surface area contributed by atoms with Gasteiger partial charge in [-0.2, -0.15) is 0 Å². The van der Waals surface area contributed by atoms with Crippen LogP contribution in [0.3, 0.4) is 0 Å². The summed E-state index contributed by atoms with van der Waals surface area (Å²) in [5.41, 5.74) is -0.0290. The van der Waals surface area contributed by atoms with E-state index in [1.54, 1.807) is 7.11 Å². The number of hydrogen-bond donors (Lipinski definition) is 1. The molecule has 0 bridgehead atoms. The minimum Gasteiger partial charge on any atom is -0.379 e. The van der Waals surface area contributed by atoms with Gasteiger partial charge in [0, 0.05) is 25.3 Å². The summed E-state index contributed by atoms with van der Waals surface area (Å²) in [4.78, 5) is 0.193. The normalized spacial score (nSPS) is 35.3. The van der Waals surface area contributed by atoms with Crippen LogP contribution in [0.4, 0.5) is 0 Å². The Hall–Kier alpha value is 0.270. The van der Waals surface area contributed by atoms with E-state index in [9.17, 15) is 0 Å². The lowest BCUT2D eigenvalue weighted by Crippen LogP contribution is -2.44. The lowest BCUT2D eigenvalue weighted by atomic mass is 9.99. The maximum Gasteiger partial charge on any atom is 0.0648 e. The molecule has 0 aromatic heterocycles. The average Bonchev–Trinajstić information content (AvgIpc) is 2.30. The van der Waals surface area contributed by atoms with Crippen molar-refractivity contribution in [3.05, 3.63) is 0 Å². The van der Waals surface area contributed by atoms with E-state index < -0.39 is 0 Å². The molecule has 2 unspecified atom stereocenters. The highest BCUT2D eigenvalue weighted by Gasteiger charge is 2.37. The molecule has 2 atom stereocenters. The molecule has 1 heterocycles. The van der Waals surface area contributed by atoms with Gasteiger partial charge in [-0.25, -0.2) is 0 Å². The summed E-state index contributed by atoms with van der Waals surface area (Å²) in [5, 5.41) is 3.60. The van der Waals surface area contributed by atoms with Crippen LogP contribution < -0.4 is 5.32 Å². The van der Waals surface area contributed by atoms with Gasteiger partial charge in [-0.3, -0.25) is 5.32 Å². The second kappa shape index (κ2) is 3.79. The Morgan fingerprint density at radius 3 is 2.62 bits per heavy atom. The summed E-state index contributed by atoms with van der Waals surface area (Å²) in [7, 11) is 1.78. The predicted molar refractivity (Wildman–Crippen MR) is 59.2 cm³/mol. The summed E-state index contributed by atoms with van der Waals surface area (Å²) < 4.78 is 5.45. The van der Waals surface area contributed by atoms with Gasteiger partial charge in [0.05, 0.1) is 10.5 Å². The third kappa shape index (κ3) is 3.15. The van der Waals surface area contributed by atoms with Crippen molar-refractivity contribution in [2.45, 2.75) is 50.6 Å². The van der Waals surface area contributed by atoms with Gasteiger partial charge in [0.15, 0.2) is 0 Å².